The number of halogens is 2. The molecule has 2 aromatic carbocycles. The van der Waals surface area contributed by atoms with Crippen molar-refractivity contribution in [3.63, 3.8) is 0 Å². The highest BCUT2D eigenvalue weighted by molar-refractivity contribution is 7.92. The maximum atomic E-state index is 12.2. The Labute approximate surface area is 180 Å². The van der Waals surface area contributed by atoms with Crippen LogP contribution in [0.1, 0.15) is 18.9 Å². The third-order valence-electron chi connectivity index (χ3n) is 3.63. The zero-order chi connectivity index (χ0) is 21.4. The Morgan fingerprint density at radius 2 is 1.86 bits per heavy atom. The Balaban J connectivity index is 2.01. The van der Waals surface area contributed by atoms with Gasteiger partial charge < -0.3 is 4.74 Å². The van der Waals surface area contributed by atoms with Crippen LogP contribution in [-0.4, -0.2) is 39.9 Å². The number of anilines is 1. The molecule has 1 amide bonds. The molecule has 0 heterocycles. The number of hydrogen-bond acceptors (Lipinski definition) is 5. The van der Waals surface area contributed by atoms with Crippen LogP contribution in [-0.2, 0) is 14.8 Å². The average molecular weight is 458 g/mol. The van der Waals surface area contributed by atoms with Crippen LogP contribution in [0, 0.1) is 0 Å². The third kappa shape index (κ3) is 7.23. The largest absolute Gasteiger partial charge is 0.494 e. The first-order valence-electron chi connectivity index (χ1n) is 8.68. The van der Waals surface area contributed by atoms with Gasteiger partial charge in [-0.15, -0.1) is 0 Å². The van der Waals surface area contributed by atoms with Crippen molar-refractivity contribution in [3.8, 4) is 5.75 Å². The lowest BCUT2D eigenvalue weighted by atomic mass is 10.2. The smallest absolute Gasteiger partial charge is 0.260 e. The van der Waals surface area contributed by atoms with E-state index in [9.17, 15) is 13.2 Å². The number of ether oxygens (including phenoxy) is 1. The van der Waals surface area contributed by atoms with Gasteiger partial charge in [-0.3, -0.25) is 9.10 Å². The summed E-state index contributed by atoms with van der Waals surface area (Å²) in [6, 6.07) is 11.5. The molecule has 0 saturated carbocycles. The van der Waals surface area contributed by atoms with Crippen LogP contribution in [0.25, 0.3) is 0 Å². The van der Waals surface area contributed by atoms with E-state index in [4.69, 9.17) is 27.9 Å². The monoisotopic (exact) mass is 457 g/mol. The lowest BCUT2D eigenvalue weighted by molar-refractivity contribution is -0.119. The second kappa shape index (κ2) is 10.5. The number of nitrogens with zero attached hydrogens (tertiary/aromatic N) is 2. The van der Waals surface area contributed by atoms with Crippen LogP contribution in [0.2, 0.25) is 10.0 Å². The van der Waals surface area contributed by atoms with E-state index < -0.39 is 22.5 Å². The second-order valence-corrected chi connectivity index (χ2v) is 8.80. The Morgan fingerprint density at radius 1 is 1.17 bits per heavy atom. The van der Waals surface area contributed by atoms with E-state index in [2.05, 4.69) is 10.5 Å². The molecule has 0 atom stereocenters. The molecule has 0 saturated heterocycles. The molecular formula is C19H21Cl2N3O4S. The molecule has 0 aliphatic heterocycles. The predicted molar refractivity (Wildman–Crippen MR) is 117 cm³/mol. The van der Waals surface area contributed by atoms with E-state index in [0.717, 1.165) is 28.3 Å². The van der Waals surface area contributed by atoms with Crippen LogP contribution in [0.15, 0.2) is 47.6 Å². The SMILES string of the molecule is CCCOc1ccc(/C=N\NC(=O)CN(c2ccc(Cl)c(Cl)c2)S(C)(=O)=O)cc1. The van der Waals surface area contributed by atoms with Crippen LogP contribution in [0.4, 0.5) is 5.69 Å². The van der Waals surface area contributed by atoms with Crippen molar-refractivity contribution in [2.75, 3.05) is 23.7 Å². The molecule has 1 N–H and O–H groups in total. The average Bonchev–Trinajstić information content (AvgIpc) is 2.67. The van der Waals surface area contributed by atoms with Crippen molar-refractivity contribution in [2.24, 2.45) is 5.10 Å². The van der Waals surface area contributed by atoms with Crippen molar-refractivity contribution < 1.29 is 17.9 Å². The van der Waals surface area contributed by atoms with E-state index in [0.29, 0.717) is 6.61 Å². The molecule has 0 aliphatic rings. The van der Waals surface area contributed by atoms with Crippen molar-refractivity contribution in [2.45, 2.75) is 13.3 Å². The minimum atomic E-state index is -3.73. The van der Waals surface area contributed by atoms with Gasteiger partial charge in [0, 0.05) is 0 Å². The fourth-order valence-electron chi connectivity index (χ4n) is 2.25. The molecule has 10 heteroatoms. The highest BCUT2D eigenvalue weighted by Crippen LogP contribution is 2.28. The van der Waals surface area contributed by atoms with Gasteiger partial charge in [0.05, 0.1) is 34.8 Å². The van der Waals surface area contributed by atoms with Crippen molar-refractivity contribution in [3.05, 3.63) is 58.1 Å². The Hall–Kier alpha value is -2.29. The molecular weight excluding hydrogens is 437 g/mol. The van der Waals surface area contributed by atoms with Gasteiger partial charge in [0.25, 0.3) is 5.91 Å². The second-order valence-electron chi connectivity index (χ2n) is 6.08. The van der Waals surface area contributed by atoms with Crippen LogP contribution >= 0.6 is 23.2 Å². The molecule has 0 fully saturated rings. The van der Waals surface area contributed by atoms with E-state index in [-0.39, 0.29) is 15.7 Å². The summed E-state index contributed by atoms with van der Waals surface area (Å²) in [7, 11) is -3.73. The summed E-state index contributed by atoms with van der Waals surface area (Å²) in [4.78, 5) is 12.2. The summed E-state index contributed by atoms with van der Waals surface area (Å²) < 4.78 is 30.6. The first kappa shape index (κ1) is 23.0. The highest BCUT2D eigenvalue weighted by Gasteiger charge is 2.21. The van der Waals surface area contributed by atoms with E-state index in [1.165, 1.54) is 24.4 Å². The molecule has 156 valence electrons. The molecule has 0 aromatic heterocycles. The molecule has 0 bridgehead atoms. The molecule has 0 radical (unpaired) electrons. The number of carbonyl (C=O) groups excluding carboxylic acids is 1. The fourth-order valence-corrected chi connectivity index (χ4v) is 3.40. The maximum Gasteiger partial charge on any atom is 0.260 e. The van der Waals surface area contributed by atoms with E-state index in [1.54, 1.807) is 24.3 Å². The fraction of sp³-hybridized carbons (Fsp3) is 0.263. The molecule has 0 spiro atoms. The van der Waals surface area contributed by atoms with Gasteiger partial charge in [0.2, 0.25) is 10.0 Å². The molecule has 2 aromatic rings. The molecule has 2 rings (SSSR count). The maximum absolute atomic E-state index is 12.2. The van der Waals surface area contributed by atoms with E-state index in [1.807, 2.05) is 6.92 Å². The summed E-state index contributed by atoms with van der Waals surface area (Å²) in [6.45, 7) is 2.20. The Kier molecular flexibility index (Phi) is 8.31. The van der Waals surface area contributed by atoms with Crippen LogP contribution in [0.5, 0.6) is 5.75 Å². The number of rotatable bonds is 9. The summed E-state index contributed by atoms with van der Waals surface area (Å²) in [6.07, 6.45) is 3.36. The number of sulfonamides is 1. The number of hydrogen-bond donors (Lipinski definition) is 1. The zero-order valence-corrected chi connectivity index (χ0v) is 18.3. The first-order valence-corrected chi connectivity index (χ1v) is 11.3. The minimum Gasteiger partial charge on any atom is -0.494 e. The summed E-state index contributed by atoms with van der Waals surface area (Å²) in [5.74, 6) is 0.138. The normalized spacial score (nSPS) is 11.4. The summed E-state index contributed by atoms with van der Waals surface area (Å²) in [5, 5.41) is 4.32. The third-order valence-corrected chi connectivity index (χ3v) is 5.51. The topological polar surface area (TPSA) is 88.1 Å². The number of hydrazone groups is 1. The lowest BCUT2D eigenvalue weighted by Crippen LogP contribution is -2.39. The molecule has 0 aliphatic carbocycles. The van der Waals surface area contributed by atoms with Gasteiger partial charge >= 0.3 is 0 Å². The lowest BCUT2D eigenvalue weighted by Gasteiger charge is -2.21. The molecule has 0 unspecified atom stereocenters. The highest BCUT2D eigenvalue weighted by atomic mass is 35.5. The van der Waals surface area contributed by atoms with Gasteiger partial charge in [0.1, 0.15) is 12.3 Å². The summed E-state index contributed by atoms with van der Waals surface area (Å²) in [5.41, 5.74) is 3.29. The zero-order valence-electron chi connectivity index (χ0n) is 15.9. The minimum absolute atomic E-state index is 0.183. The van der Waals surface area contributed by atoms with Crippen molar-refractivity contribution in [1.29, 1.82) is 0 Å². The number of amides is 1. The number of carbonyl (C=O) groups is 1. The number of nitrogens with one attached hydrogen (secondary N) is 1. The van der Waals surface area contributed by atoms with Gasteiger partial charge in [-0.05, 0) is 54.4 Å². The standard InChI is InChI=1S/C19H21Cl2N3O4S/c1-3-10-28-16-7-4-14(5-8-16)12-22-23-19(25)13-24(29(2,26)27)15-6-9-17(20)18(21)11-15/h4-9,11-12H,3,10,13H2,1-2H3,(H,23,25)/b22-12-. The van der Waals surface area contributed by atoms with Crippen LogP contribution < -0.4 is 14.5 Å². The quantitative estimate of drug-likeness (QED) is 0.459. The van der Waals surface area contributed by atoms with Gasteiger partial charge in [-0.1, -0.05) is 30.1 Å². The Bertz CT molecular complexity index is 979. The van der Waals surface area contributed by atoms with Crippen molar-refractivity contribution >= 4 is 51.0 Å². The first-order chi connectivity index (χ1) is 13.7. The van der Waals surface area contributed by atoms with E-state index >= 15 is 0 Å². The number of benzene rings is 2. The molecule has 7 nitrogen and oxygen atoms in total. The Morgan fingerprint density at radius 3 is 2.45 bits per heavy atom. The van der Waals surface area contributed by atoms with Crippen molar-refractivity contribution in [1.82, 2.24) is 5.43 Å². The van der Waals surface area contributed by atoms with Gasteiger partial charge in [-0.2, -0.15) is 5.10 Å². The van der Waals surface area contributed by atoms with Gasteiger partial charge in [-0.25, -0.2) is 13.8 Å². The predicted octanol–water partition coefficient (Wildman–Crippen LogP) is 3.70. The van der Waals surface area contributed by atoms with Gasteiger partial charge in [0.15, 0.2) is 0 Å². The van der Waals surface area contributed by atoms with Crippen LogP contribution in [0.3, 0.4) is 0 Å². The summed E-state index contributed by atoms with van der Waals surface area (Å²) >= 11 is 11.8. The molecule has 29 heavy (non-hydrogen) atoms.